The number of phosphoric acid groups is 1. The van der Waals surface area contributed by atoms with Crippen molar-refractivity contribution >= 4 is 19.8 Å². The van der Waals surface area contributed by atoms with E-state index in [-0.39, 0.29) is 13.2 Å². The largest absolute Gasteiger partial charge is 0.529 e. The summed E-state index contributed by atoms with van der Waals surface area (Å²) in [5.41, 5.74) is 1.46. The number of carbonyl (C=O) groups excluding carboxylic acids is 1. The zero-order chi connectivity index (χ0) is 34.5. The molecular formula is C36H57N2O9P. The van der Waals surface area contributed by atoms with Crippen LogP contribution in [0.25, 0.3) is 0 Å². The van der Waals surface area contributed by atoms with Crippen LogP contribution in [0.4, 0.5) is 4.79 Å². The second-order valence-electron chi connectivity index (χ2n) is 12.0. The molecule has 0 heterocycles. The van der Waals surface area contributed by atoms with Crippen molar-refractivity contribution in [1.29, 1.82) is 0 Å². The first-order valence-corrected chi connectivity index (χ1v) is 19.1. The molecule has 3 N–H and O–H groups in total. The smallest absolute Gasteiger partial charge is 0.465 e. The second-order valence-corrected chi connectivity index (χ2v) is 13.4. The normalized spacial score (nSPS) is 12.1. The Labute approximate surface area is 286 Å². The Balaban J connectivity index is 1.67. The molecule has 0 saturated carbocycles. The van der Waals surface area contributed by atoms with Gasteiger partial charge in [-0.2, -0.15) is 0 Å². The molecule has 48 heavy (non-hydrogen) atoms. The van der Waals surface area contributed by atoms with Crippen LogP contribution in [0.1, 0.15) is 121 Å². The highest BCUT2D eigenvalue weighted by molar-refractivity contribution is 7.48. The fraction of sp³-hybridized carbons (Fsp3) is 0.611. The van der Waals surface area contributed by atoms with E-state index in [0.717, 1.165) is 36.8 Å². The highest BCUT2D eigenvalue weighted by Gasteiger charge is 2.34. The minimum atomic E-state index is -4.55. The Hall–Kier alpha value is -2.79. The standard InChI is InChI=1S/C36H57N2O9P/c1-2-3-4-5-6-7-8-9-10-11-12-13-14-15-16-23-28-37-35(39)34(38-36(40)41)31-45-48(42,46-43-29-32-24-19-17-20-25-32)47-44-30-33-26-21-18-22-27-33/h17-22,24-27,34,38H,2-16,23,28-31H2,1H3,(H,37,39)(H,40,41). The molecule has 11 nitrogen and oxygen atoms in total. The molecule has 0 aliphatic heterocycles. The molecule has 0 aliphatic rings. The van der Waals surface area contributed by atoms with Crippen LogP contribution in [0.5, 0.6) is 0 Å². The van der Waals surface area contributed by atoms with Gasteiger partial charge in [0, 0.05) is 6.54 Å². The summed E-state index contributed by atoms with van der Waals surface area (Å²) in [5.74, 6) is -0.625. The maximum atomic E-state index is 13.3. The monoisotopic (exact) mass is 692 g/mol. The van der Waals surface area contributed by atoms with Gasteiger partial charge >= 0.3 is 13.9 Å². The van der Waals surface area contributed by atoms with Crippen LogP contribution in [-0.4, -0.2) is 36.3 Å². The minimum Gasteiger partial charge on any atom is -0.465 e. The lowest BCUT2D eigenvalue weighted by Gasteiger charge is -2.20. The van der Waals surface area contributed by atoms with E-state index in [9.17, 15) is 19.3 Å². The van der Waals surface area contributed by atoms with Gasteiger partial charge in [-0.25, -0.2) is 19.1 Å². The van der Waals surface area contributed by atoms with E-state index in [0.29, 0.717) is 6.54 Å². The Morgan fingerprint density at radius 1 is 0.667 bits per heavy atom. The van der Waals surface area contributed by atoms with E-state index >= 15 is 0 Å². The van der Waals surface area contributed by atoms with Crippen molar-refractivity contribution in [2.75, 3.05) is 13.2 Å². The van der Waals surface area contributed by atoms with Crippen molar-refractivity contribution in [2.45, 2.75) is 129 Å². The van der Waals surface area contributed by atoms with Crippen LogP contribution >= 0.6 is 7.82 Å². The quantitative estimate of drug-likeness (QED) is 0.0316. The topological polar surface area (TPSA) is 142 Å². The summed E-state index contributed by atoms with van der Waals surface area (Å²) in [7, 11) is -4.55. The van der Waals surface area contributed by atoms with Crippen molar-refractivity contribution in [1.82, 2.24) is 10.6 Å². The number of nitrogens with one attached hydrogen (secondary N) is 2. The third-order valence-electron chi connectivity index (χ3n) is 7.77. The predicted molar refractivity (Wildman–Crippen MR) is 186 cm³/mol. The highest BCUT2D eigenvalue weighted by atomic mass is 31.2. The molecule has 270 valence electrons. The lowest BCUT2D eigenvalue weighted by Crippen LogP contribution is -2.49. The molecule has 0 spiro atoms. The average Bonchev–Trinajstić information content (AvgIpc) is 3.09. The van der Waals surface area contributed by atoms with Gasteiger partial charge in [0.15, 0.2) is 0 Å². The Kier molecular flexibility index (Phi) is 23.3. The first-order chi connectivity index (χ1) is 23.4. The van der Waals surface area contributed by atoms with Crippen LogP contribution in [0, 0.1) is 0 Å². The molecule has 1 atom stereocenters. The molecule has 1 unspecified atom stereocenters. The van der Waals surface area contributed by atoms with E-state index in [1.54, 1.807) is 48.5 Å². The fourth-order valence-electron chi connectivity index (χ4n) is 5.03. The summed E-state index contributed by atoms with van der Waals surface area (Å²) in [5, 5.41) is 14.1. The summed E-state index contributed by atoms with van der Waals surface area (Å²) in [6.07, 6.45) is 18.5. The predicted octanol–water partition coefficient (Wildman–Crippen LogP) is 9.42. The van der Waals surface area contributed by atoms with E-state index in [1.165, 1.54) is 77.0 Å². The van der Waals surface area contributed by atoms with Crippen molar-refractivity contribution in [3.63, 3.8) is 0 Å². The number of carboxylic acid groups (broad SMARTS) is 1. The summed E-state index contributed by atoms with van der Waals surface area (Å²) in [4.78, 5) is 34.4. The van der Waals surface area contributed by atoms with Crippen LogP contribution in [-0.2, 0) is 46.2 Å². The van der Waals surface area contributed by atoms with Crippen LogP contribution < -0.4 is 10.6 Å². The molecule has 0 aromatic heterocycles. The molecular weight excluding hydrogens is 635 g/mol. The zero-order valence-corrected chi connectivity index (χ0v) is 29.5. The zero-order valence-electron chi connectivity index (χ0n) is 28.7. The molecule has 0 bridgehead atoms. The van der Waals surface area contributed by atoms with Crippen molar-refractivity contribution in [3.8, 4) is 0 Å². The SMILES string of the molecule is CCCCCCCCCCCCCCCCCCNC(=O)C(COP(=O)(OOCc1ccccc1)OOCc1ccccc1)NC(=O)O. The summed E-state index contributed by atoms with van der Waals surface area (Å²) < 4.78 is 28.6. The van der Waals surface area contributed by atoms with Crippen LogP contribution in [0.2, 0.25) is 0 Å². The maximum absolute atomic E-state index is 13.3. The number of unbranched alkanes of at least 4 members (excludes halogenated alkanes) is 15. The van der Waals surface area contributed by atoms with Gasteiger partial charge in [0.1, 0.15) is 19.3 Å². The van der Waals surface area contributed by atoms with Crippen molar-refractivity contribution in [3.05, 3.63) is 71.8 Å². The first kappa shape index (κ1) is 41.4. The lowest BCUT2D eigenvalue weighted by atomic mass is 10.0. The van der Waals surface area contributed by atoms with E-state index in [4.69, 9.17) is 23.6 Å². The highest BCUT2D eigenvalue weighted by Crippen LogP contribution is 2.50. The van der Waals surface area contributed by atoms with Gasteiger partial charge in [-0.3, -0.25) is 9.32 Å². The van der Waals surface area contributed by atoms with E-state index < -0.39 is 32.5 Å². The number of amides is 2. The van der Waals surface area contributed by atoms with E-state index in [1.807, 2.05) is 12.1 Å². The van der Waals surface area contributed by atoms with Gasteiger partial charge in [0.2, 0.25) is 5.91 Å². The van der Waals surface area contributed by atoms with Gasteiger partial charge < -0.3 is 15.7 Å². The molecule has 0 aliphatic carbocycles. The third-order valence-corrected chi connectivity index (χ3v) is 8.81. The molecule has 2 aromatic rings. The van der Waals surface area contributed by atoms with Gasteiger partial charge in [0.05, 0.1) is 6.61 Å². The Bertz CT molecular complexity index is 1090. The van der Waals surface area contributed by atoms with Gasteiger partial charge in [-0.05, 0) is 17.5 Å². The summed E-state index contributed by atoms with van der Waals surface area (Å²) in [6.45, 7) is 1.82. The Morgan fingerprint density at radius 3 is 1.50 bits per heavy atom. The fourth-order valence-corrected chi connectivity index (χ4v) is 5.83. The average molecular weight is 693 g/mol. The number of hydrogen-bond donors (Lipinski definition) is 3. The van der Waals surface area contributed by atoms with Crippen LogP contribution in [0.15, 0.2) is 60.7 Å². The number of benzene rings is 2. The van der Waals surface area contributed by atoms with Gasteiger partial charge in [0.25, 0.3) is 0 Å². The number of rotatable bonds is 30. The van der Waals surface area contributed by atoms with Crippen molar-refractivity contribution in [2.24, 2.45) is 0 Å². The maximum Gasteiger partial charge on any atom is 0.529 e. The lowest BCUT2D eigenvalue weighted by molar-refractivity contribution is -0.291. The molecule has 2 aromatic carbocycles. The molecule has 0 radical (unpaired) electrons. The molecule has 0 fully saturated rings. The number of hydrogen-bond acceptors (Lipinski definition) is 8. The van der Waals surface area contributed by atoms with Gasteiger partial charge in [-0.15, -0.1) is 9.35 Å². The first-order valence-electron chi connectivity index (χ1n) is 17.6. The molecule has 2 rings (SSSR count). The third kappa shape index (κ3) is 21.2. The molecule has 2 amide bonds. The minimum absolute atomic E-state index is 0.0766. The molecule has 0 saturated heterocycles. The number of carbonyl (C=O) groups is 2. The van der Waals surface area contributed by atoms with Crippen molar-refractivity contribution < 1.29 is 42.9 Å². The summed E-state index contributed by atoms with van der Waals surface area (Å²) >= 11 is 0. The molecule has 12 heteroatoms. The van der Waals surface area contributed by atoms with Gasteiger partial charge in [-0.1, -0.05) is 164 Å². The van der Waals surface area contributed by atoms with Crippen LogP contribution in [0.3, 0.4) is 0 Å². The second kappa shape index (κ2) is 27.1. The Morgan fingerprint density at radius 2 is 1.08 bits per heavy atom. The van der Waals surface area contributed by atoms with E-state index in [2.05, 4.69) is 17.6 Å². The summed E-state index contributed by atoms with van der Waals surface area (Å²) in [6, 6.07) is 16.6.